The molecule has 0 unspecified atom stereocenters. The van der Waals surface area contributed by atoms with Crippen molar-refractivity contribution in [2.75, 3.05) is 39.4 Å². The van der Waals surface area contributed by atoms with Gasteiger partial charge in [-0.3, -0.25) is 9.69 Å². The van der Waals surface area contributed by atoms with Gasteiger partial charge in [0, 0.05) is 31.7 Å². The van der Waals surface area contributed by atoms with Gasteiger partial charge in [0.05, 0.1) is 31.0 Å². The van der Waals surface area contributed by atoms with Crippen LogP contribution < -0.4 is 0 Å². The predicted molar refractivity (Wildman–Crippen MR) is 99.2 cm³/mol. The Morgan fingerprint density at radius 3 is 2.46 bits per heavy atom. The maximum Gasteiger partial charge on any atom is 0.253 e. The van der Waals surface area contributed by atoms with Crippen molar-refractivity contribution in [1.29, 1.82) is 0 Å². The average Bonchev–Trinajstić information content (AvgIpc) is 3.02. The van der Waals surface area contributed by atoms with Gasteiger partial charge in [0.25, 0.3) is 5.91 Å². The summed E-state index contributed by atoms with van der Waals surface area (Å²) < 4.78 is 5.37. The molecule has 2 aliphatic heterocycles. The number of carbonyl (C=O) groups excluding carboxylic acids is 1. The number of hydrogen-bond donors (Lipinski definition) is 2. The molecule has 1 amide bonds. The van der Waals surface area contributed by atoms with E-state index in [9.17, 15) is 15.0 Å². The summed E-state index contributed by atoms with van der Waals surface area (Å²) in [6.45, 7) is 7.51. The molecule has 2 aliphatic rings. The van der Waals surface area contributed by atoms with Crippen LogP contribution in [0.15, 0.2) is 24.3 Å². The zero-order valence-electron chi connectivity index (χ0n) is 15.7. The van der Waals surface area contributed by atoms with E-state index >= 15 is 0 Å². The monoisotopic (exact) mass is 362 g/mol. The van der Waals surface area contributed by atoms with E-state index in [4.69, 9.17) is 4.74 Å². The number of hydrogen-bond acceptors (Lipinski definition) is 5. The number of nitrogens with zero attached hydrogens (tertiary/aromatic N) is 2. The van der Waals surface area contributed by atoms with E-state index < -0.39 is 11.7 Å². The molecule has 6 heteroatoms. The highest BCUT2D eigenvalue weighted by Crippen LogP contribution is 2.21. The molecular formula is C20H30N2O4. The van der Waals surface area contributed by atoms with E-state index in [2.05, 4.69) is 4.90 Å². The van der Waals surface area contributed by atoms with Crippen molar-refractivity contribution in [2.45, 2.75) is 44.4 Å². The number of aryl methyl sites for hydroxylation is 1. The second-order valence-corrected chi connectivity index (χ2v) is 8.00. The molecule has 0 radical (unpaired) electrons. The van der Waals surface area contributed by atoms with Crippen molar-refractivity contribution >= 4 is 5.91 Å². The third-order valence-corrected chi connectivity index (χ3v) is 5.29. The first-order chi connectivity index (χ1) is 12.3. The maximum absolute atomic E-state index is 12.8. The standard InChI is InChI=1S/C20H30N2O4/c1-20(2,25)8-7-15-3-5-16(6-4-15)19(24)22-13-17(18(23)14-22)21-9-11-26-12-10-21/h3-6,17-18,23,25H,7-14H2,1-2H3/t17-,18-/m1/s1. The number of benzene rings is 1. The van der Waals surface area contributed by atoms with Gasteiger partial charge in [-0.2, -0.15) is 0 Å². The number of ether oxygens (including phenoxy) is 1. The lowest BCUT2D eigenvalue weighted by molar-refractivity contribution is -0.00611. The molecule has 2 heterocycles. The molecule has 1 aromatic carbocycles. The minimum Gasteiger partial charge on any atom is -0.390 e. The zero-order chi connectivity index (χ0) is 18.7. The molecule has 144 valence electrons. The third-order valence-electron chi connectivity index (χ3n) is 5.29. The quantitative estimate of drug-likeness (QED) is 0.815. The molecule has 0 aromatic heterocycles. The van der Waals surface area contributed by atoms with Crippen LogP contribution in [0.2, 0.25) is 0 Å². The van der Waals surface area contributed by atoms with E-state index in [0.29, 0.717) is 38.3 Å². The highest BCUT2D eigenvalue weighted by Gasteiger charge is 2.38. The Hall–Kier alpha value is -1.47. The normalized spacial score (nSPS) is 24.8. The molecule has 6 nitrogen and oxygen atoms in total. The van der Waals surface area contributed by atoms with E-state index in [1.54, 1.807) is 18.7 Å². The summed E-state index contributed by atoms with van der Waals surface area (Å²) in [5.41, 5.74) is 1.07. The van der Waals surface area contributed by atoms with Gasteiger partial charge in [0.15, 0.2) is 0 Å². The Morgan fingerprint density at radius 2 is 1.85 bits per heavy atom. The fourth-order valence-corrected chi connectivity index (χ4v) is 3.65. The Balaban J connectivity index is 1.58. The van der Waals surface area contributed by atoms with Crippen molar-refractivity contribution < 1.29 is 19.7 Å². The van der Waals surface area contributed by atoms with Crippen LogP contribution in [0.25, 0.3) is 0 Å². The van der Waals surface area contributed by atoms with Crippen LogP contribution in [0.1, 0.15) is 36.2 Å². The van der Waals surface area contributed by atoms with Crippen LogP contribution in [0.5, 0.6) is 0 Å². The SMILES string of the molecule is CC(C)(O)CCc1ccc(C(=O)N2C[C@@H](O)[C@H](N3CCOCC3)C2)cc1. The largest absolute Gasteiger partial charge is 0.390 e. The van der Waals surface area contributed by atoms with Crippen molar-refractivity contribution in [2.24, 2.45) is 0 Å². The van der Waals surface area contributed by atoms with Gasteiger partial charge in [0.2, 0.25) is 0 Å². The molecule has 3 rings (SSSR count). The molecule has 1 aromatic rings. The van der Waals surface area contributed by atoms with Crippen LogP contribution in [0, 0.1) is 0 Å². The molecule has 0 bridgehead atoms. The summed E-state index contributed by atoms with van der Waals surface area (Å²) in [4.78, 5) is 16.8. The van der Waals surface area contributed by atoms with E-state index in [1.165, 1.54) is 0 Å². The van der Waals surface area contributed by atoms with Crippen molar-refractivity contribution in [3.05, 3.63) is 35.4 Å². The molecule has 0 saturated carbocycles. The first-order valence-corrected chi connectivity index (χ1v) is 9.44. The molecule has 2 saturated heterocycles. The van der Waals surface area contributed by atoms with Gasteiger partial charge >= 0.3 is 0 Å². The molecule has 0 spiro atoms. The van der Waals surface area contributed by atoms with Crippen molar-refractivity contribution in [3.8, 4) is 0 Å². The van der Waals surface area contributed by atoms with Gasteiger partial charge in [0.1, 0.15) is 0 Å². The maximum atomic E-state index is 12.8. The molecular weight excluding hydrogens is 332 g/mol. The van der Waals surface area contributed by atoms with Gasteiger partial charge in [-0.15, -0.1) is 0 Å². The van der Waals surface area contributed by atoms with Crippen molar-refractivity contribution in [3.63, 3.8) is 0 Å². The van der Waals surface area contributed by atoms with Crippen LogP contribution in [0.4, 0.5) is 0 Å². The number of rotatable bonds is 5. The summed E-state index contributed by atoms with van der Waals surface area (Å²) in [5.74, 6) is -0.0335. The van der Waals surface area contributed by atoms with E-state index in [0.717, 1.165) is 25.1 Å². The van der Waals surface area contributed by atoms with Crippen LogP contribution in [0.3, 0.4) is 0 Å². The average molecular weight is 362 g/mol. The molecule has 2 N–H and O–H groups in total. The van der Waals surface area contributed by atoms with Crippen LogP contribution in [-0.2, 0) is 11.2 Å². The number of aliphatic hydroxyl groups is 2. The molecule has 2 fully saturated rings. The fraction of sp³-hybridized carbons (Fsp3) is 0.650. The highest BCUT2D eigenvalue weighted by molar-refractivity contribution is 5.94. The first kappa shape index (κ1) is 19.3. The Bertz CT molecular complexity index is 605. The smallest absolute Gasteiger partial charge is 0.253 e. The lowest BCUT2D eigenvalue weighted by Crippen LogP contribution is -2.49. The summed E-state index contributed by atoms with van der Waals surface area (Å²) in [7, 11) is 0. The van der Waals surface area contributed by atoms with Crippen LogP contribution >= 0.6 is 0 Å². The molecule has 2 atom stereocenters. The Labute approximate surface area is 155 Å². The third kappa shape index (κ3) is 4.82. The molecule has 26 heavy (non-hydrogen) atoms. The fourth-order valence-electron chi connectivity index (χ4n) is 3.65. The second-order valence-electron chi connectivity index (χ2n) is 8.00. The number of likely N-dealkylation sites (tertiary alicyclic amines) is 1. The highest BCUT2D eigenvalue weighted by atomic mass is 16.5. The van der Waals surface area contributed by atoms with E-state index in [-0.39, 0.29) is 11.9 Å². The number of aliphatic hydroxyl groups excluding tert-OH is 1. The van der Waals surface area contributed by atoms with Gasteiger partial charge in [-0.25, -0.2) is 0 Å². The Morgan fingerprint density at radius 1 is 1.19 bits per heavy atom. The van der Waals surface area contributed by atoms with Crippen molar-refractivity contribution in [1.82, 2.24) is 9.80 Å². The van der Waals surface area contributed by atoms with Gasteiger partial charge < -0.3 is 19.8 Å². The zero-order valence-corrected chi connectivity index (χ0v) is 15.7. The number of β-amino-alcohol motifs (C(OH)–C–C–N with tert-alkyl or cyclic N) is 1. The lowest BCUT2D eigenvalue weighted by Gasteiger charge is -2.33. The summed E-state index contributed by atoms with van der Waals surface area (Å²) >= 11 is 0. The minimum absolute atomic E-state index is 0.00564. The summed E-state index contributed by atoms with van der Waals surface area (Å²) in [6.07, 6.45) is 0.947. The second kappa shape index (κ2) is 8.05. The number of amides is 1. The lowest BCUT2D eigenvalue weighted by atomic mass is 9.98. The minimum atomic E-state index is -0.686. The Kier molecular flexibility index (Phi) is 5.97. The van der Waals surface area contributed by atoms with E-state index in [1.807, 2.05) is 24.3 Å². The first-order valence-electron chi connectivity index (χ1n) is 9.44. The van der Waals surface area contributed by atoms with Gasteiger partial charge in [-0.1, -0.05) is 12.1 Å². The number of carbonyl (C=O) groups is 1. The van der Waals surface area contributed by atoms with Crippen LogP contribution in [-0.4, -0.2) is 83.1 Å². The summed E-state index contributed by atoms with van der Waals surface area (Å²) in [6, 6.07) is 7.58. The van der Waals surface area contributed by atoms with Gasteiger partial charge in [-0.05, 0) is 44.4 Å². The molecule has 0 aliphatic carbocycles. The number of morpholine rings is 1. The predicted octanol–water partition coefficient (Wildman–Crippen LogP) is 0.908. The summed E-state index contributed by atoms with van der Waals surface area (Å²) in [5, 5.41) is 20.2. The topological polar surface area (TPSA) is 73.2 Å².